The highest BCUT2D eigenvalue weighted by molar-refractivity contribution is 9.10. The van der Waals surface area contributed by atoms with Gasteiger partial charge in [-0.15, -0.1) is 11.3 Å². The van der Waals surface area contributed by atoms with Crippen LogP contribution in [0.15, 0.2) is 15.9 Å². The van der Waals surface area contributed by atoms with Crippen LogP contribution in [0, 0.1) is 0 Å². The molecule has 1 saturated heterocycles. The zero-order valence-electron chi connectivity index (χ0n) is 8.86. The van der Waals surface area contributed by atoms with Gasteiger partial charge < -0.3 is 5.11 Å². The van der Waals surface area contributed by atoms with Crippen LogP contribution in [0.4, 0.5) is 0 Å². The fraction of sp³-hybridized carbons (Fsp3) is 0.545. The molecule has 0 saturated carbocycles. The number of carboxylic acids is 1. The van der Waals surface area contributed by atoms with Crippen LogP contribution in [0.25, 0.3) is 0 Å². The zero-order chi connectivity index (χ0) is 11.5. The van der Waals surface area contributed by atoms with Crippen molar-refractivity contribution in [3.8, 4) is 0 Å². The van der Waals surface area contributed by atoms with Crippen LogP contribution in [0.5, 0.6) is 0 Å². The fourth-order valence-electron chi connectivity index (χ4n) is 2.13. The predicted octanol–water partition coefficient (Wildman–Crippen LogP) is 3.12. The Morgan fingerprint density at radius 2 is 2.25 bits per heavy atom. The number of hydrogen-bond donors (Lipinski definition) is 1. The van der Waals surface area contributed by atoms with Crippen LogP contribution >= 0.6 is 27.3 Å². The first-order chi connectivity index (χ1) is 7.66. The molecule has 2 heterocycles. The third-order valence-electron chi connectivity index (χ3n) is 2.87. The molecule has 0 spiro atoms. The Morgan fingerprint density at radius 3 is 2.75 bits per heavy atom. The summed E-state index contributed by atoms with van der Waals surface area (Å²) in [6.07, 6.45) is 2.57. The fourth-order valence-corrected chi connectivity index (χ4v) is 3.71. The first-order valence-corrected chi connectivity index (χ1v) is 7.04. The molecule has 0 radical (unpaired) electrons. The summed E-state index contributed by atoms with van der Waals surface area (Å²) < 4.78 is 1.04. The van der Waals surface area contributed by atoms with Gasteiger partial charge in [-0.1, -0.05) is 0 Å². The summed E-state index contributed by atoms with van der Waals surface area (Å²) in [6.45, 7) is 2.04. The van der Waals surface area contributed by atoms with Crippen molar-refractivity contribution in [1.29, 1.82) is 0 Å². The highest BCUT2D eigenvalue weighted by Crippen LogP contribution is 2.33. The van der Waals surface area contributed by atoms with E-state index in [1.807, 2.05) is 11.4 Å². The van der Waals surface area contributed by atoms with E-state index in [9.17, 15) is 4.79 Å². The lowest BCUT2D eigenvalue weighted by atomic mass is 10.1. The average Bonchev–Trinajstić information content (AvgIpc) is 2.84. The normalized spacial score (nSPS) is 18.8. The van der Waals surface area contributed by atoms with Crippen LogP contribution in [0.2, 0.25) is 0 Å². The third-order valence-corrected chi connectivity index (χ3v) is 4.66. The van der Waals surface area contributed by atoms with E-state index in [-0.39, 0.29) is 12.5 Å². The highest BCUT2D eigenvalue weighted by Gasteiger charge is 2.26. The maximum absolute atomic E-state index is 10.9. The topological polar surface area (TPSA) is 40.5 Å². The smallest absolute Gasteiger partial charge is 0.305 e. The van der Waals surface area contributed by atoms with Gasteiger partial charge in [-0.05, 0) is 47.9 Å². The van der Waals surface area contributed by atoms with Gasteiger partial charge in [0.05, 0.1) is 12.5 Å². The maximum atomic E-state index is 10.9. The number of likely N-dealkylation sites (tertiary alicyclic amines) is 1. The Bertz CT molecular complexity index is 374. The third kappa shape index (κ3) is 2.84. The second-order valence-electron chi connectivity index (χ2n) is 4.02. The molecule has 1 atom stereocenters. The molecular weight excluding hydrogens is 290 g/mol. The molecule has 1 fully saturated rings. The van der Waals surface area contributed by atoms with Gasteiger partial charge >= 0.3 is 5.97 Å². The molecule has 0 bridgehead atoms. The molecule has 2 rings (SSSR count). The quantitative estimate of drug-likeness (QED) is 0.929. The van der Waals surface area contributed by atoms with Crippen molar-refractivity contribution >= 4 is 33.2 Å². The second kappa shape index (κ2) is 5.29. The van der Waals surface area contributed by atoms with E-state index in [4.69, 9.17) is 5.11 Å². The molecule has 0 amide bonds. The number of nitrogens with zero attached hydrogens (tertiary/aromatic N) is 1. The Labute approximate surface area is 107 Å². The summed E-state index contributed by atoms with van der Waals surface area (Å²) in [4.78, 5) is 14.3. The van der Waals surface area contributed by atoms with Crippen molar-refractivity contribution in [1.82, 2.24) is 4.90 Å². The van der Waals surface area contributed by atoms with E-state index in [0.29, 0.717) is 0 Å². The predicted molar refractivity (Wildman–Crippen MR) is 67.8 cm³/mol. The highest BCUT2D eigenvalue weighted by atomic mass is 79.9. The van der Waals surface area contributed by atoms with Gasteiger partial charge in [-0.2, -0.15) is 0 Å². The molecule has 1 aliphatic rings. The first kappa shape index (κ1) is 12.1. The lowest BCUT2D eigenvalue weighted by molar-refractivity contribution is -0.138. The van der Waals surface area contributed by atoms with Crippen LogP contribution in [0.1, 0.15) is 30.2 Å². The Hall–Kier alpha value is -0.390. The van der Waals surface area contributed by atoms with Crippen molar-refractivity contribution in [2.24, 2.45) is 0 Å². The summed E-state index contributed by atoms with van der Waals surface area (Å²) >= 11 is 5.05. The molecule has 16 heavy (non-hydrogen) atoms. The number of carbonyl (C=O) groups is 1. The summed E-state index contributed by atoms with van der Waals surface area (Å²) in [5.74, 6) is -0.721. The van der Waals surface area contributed by atoms with Crippen LogP contribution < -0.4 is 0 Å². The zero-order valence-corrected chi connectivity index (χ0v) is 11.3. The van der Waals surface area contributed by atoms with E-state index in [1.54, 1.807) is 11.3 Å². The Balaban J connectivity index is 2.16. The van der Waals surface area contributed by atoms with Gasteiger partial charge in [-0.3, -0.25) is 9.69 Å². The molecule has 5 heteroatoms. The second-order valence-corrected chi connectivity index (χ2v) is 5.88. The lowest BCUT2D eigenvalue weighted by Gasteiger charge is -2.25. The Morgan fingerprint density at radius 1 is 1.56 bits per heavy atom. The van der Waals surface area contributed by atoms with Crippen LogP contribution in [-0.2, 0) is 4.79 Å². The molecule has 0 aromatic carbocycles. The van der Waals surface area contributed by atoms with E-state index in [0.717, 1.165) is 22.4 Å². The van der Waals surface area contributed by atoms with E-state index in [1.165, 1.54) is 12.8 Å². The molecular formula is C11H14BrNO2S. The lowest BCUT2D eigenvalue weighted by Crippen LogP contribution is -2.27. The summed E-state index contributed by atoms with van der Waals surface area (Å²) in [5, 5.41) is 11.0. The maximum Gasteiger partial charge on any atom is 0.305 e. The van der Waals surface area contributed by atoms with Crippen molar-refractivity contribution in [2.75, 3.05) is 13.1 Å². The average molecular weight is 304 g/mol. The van der Waals surface area contributed by atoms with Crippen molar-refractivity contribution in [2.45, 2.75) is 25.3 Å². The largest absolute Gasteiger partial charge is 0.481 e. The van der Waals surface area contributed by atoms with Crippen LogP contribution in [-0.4, -0.2) is 29.1 Å². The Kier molecular flexibility index (Phi) is 4.00. The minimum absolute atomic E-state index is 0.0521. The number of aliphatic carboxylic acids is 1. The summed E-state index contributed by atoms with van der Waals surface area (Å²) in [7, 11) is 0. The summed E-state index contributed by atoms with van der Waals surface area (Å²) in [6, 6.07) is 2.09. The van der Waals surface area contributed by atoms with E-state index in [2.05, 4.69) is 20.8 Å². The minimum atomic E-state index is -0.721. The standard InChI is InChI=1S/C11H14BrNO2S/c12-8-5-10(16-7-8)9(6-11(14)15)13-3-1-2-4-13/h5,7,9H,1-4,6H2,(H,14,15). The van der Waals surface area contributed by atoms with Crippen molar-refractivity contribution in [3.63, 3.8) is 0 Å². The molecule has 1 unspecified atom stereocenters. The monoisotopic (exact) mass is 303 g/mol. The molecule has 3 nitrogen and oxygen atoms in total. The SMILES string of the molecule is O=C(O)CC(c1cc(Br)cs1)N1CCCC1. The van der Waals surface area contributed by atoms with Gasteiger partial charge in [0.2, 0.25) is 0 Å². The van der Waals surface area contributed by atoms with Crippen LogP contribution in [0.3, 0.4) is 0 Å². The van der Waals surface area contributed by atoms with E-state index < -0.39 is 5.97 Å². The molecule has 1 N–H and O–H groups in total. The van der Waals surface area contributed by atoms with Crippen molar-refractivity contribution < 1.29 is 9.90 Å². The molecule has 1 aromatic heterocycles. The number of halogens is 1. The van der Waals surface area contributed by atoms with Gasteiger partial charge in [-0.25, -0.2) is 0 Å². The molecule has 1 aliphatic heterocycles. The van der Waals surface area contributed by atoms with E-state index >= 15 is 0 Å². The van der Waals surface area contributed by atoms with Gasteiger partial charge in [0.1, 0.15) is 0 Å². The molecule has 1 aromatic rings. The minimum Gasteiger partial charge on any atom is -0.481 e. The number of carboxylic acid groups (broad SMARTS) is 1. The number of thiophene rings is 1. The summed E-state index contributed by atoms with van der Waals surface area (Å²) in [5.41, 5.74) is 0. The van der Waals surface area contributed by atoms with Gasteiger partial charge in [0.15, 0.2) is 0 Å². The van der Waals surface area contributed by atoms with Gasteiger partial charge in [0.25, 0.3) is 0 Å². The number of hydrogen-bond acceptors (Lipinski definition) is 3. The van der Waals surface area contributed by atoms with Gasteiger partial charge in [0, 0.05) is 14.7 Å². The first-order valence-electron chi connectivity index (χ1n) is 5.36. The number of rotatable bonds is 4. The van der Waals surface area contributed by atoms with Crippen molar-refractivity contribution in [3.05, 3.63) is 20.8 Å². The molecule has 0 aliphatic carbocycles. The molecule has 88 valence electrons.